The topological polar surface area (TPSA) is 78.4 Å². The largest absolute Gasteiger partial charge is 0.466 e. The van der Waals surface area contributed by atoms with Crippen molar-refractivity contribution in [3.8, 4) is 22.9 Å². The molecule has 0 atom stereocenters. The number of hydrogen-bond acceptors (Lipinski definition) is 6. The highest BCUT2D eigenvalue weighted by Crippen LogP contribution is 2.28. The fraction of sp³-hybridized carbons (Fsp3) is 0.182. The van der Waals surface area contributed by atoms with Gasteiger partial charge in [0.15, 0.2) is 11.6 Å². The van der Waals surface area contributed by atoms with Crippen LogP contribution in [0.3, 0.4) is 0 Å². The predicted molar refractivity (Wildman–Crippen MR) is 109 cm³/mol. The molecule has 0 unspecified atom stereocenters. The predicted octanol–water partition coefficient (Wildman–Crippen LogP) is 4.79. The van der Waals surface area contributed by atoms with Crippen LogP contribution in [0.1, 0.15) is 18.9 Å². The SMILES string of the molecule is CCOC(=O)CC(=O)Cc1cccc(-c2ccc(Oc3ncc(Cl)cn3)c(F)c2)c1. The maximum absolute atomic E-state index is 14.5. The van der Waals surface area contributed by atoms with Gasteiger partial charge in [0.2, 0.25) is 0 Å². The molecule has 0 aliphatic rings. The van der Waals surface area contributed by atoms with Crippen LogP contribution in [-0.2, 0) is 20.7 Å². The molecular formula is C22H18ClFN2O4. The minimum atomic E-state index is -0.588. The second-order valence-electron chi connectivity index (χ2n) is 6.33. The van der Waals surface area contributed by atoms with Crippen molar-refractivity contribution in [1.82, 2.24) is 9.97 Å². The molecule has 6 nitrogen and oxygen atoms in total. The zero-order valence-electron chi connectivity index (χ0n) is 16.1. The van der Waals surface area contributed by atoms with Gasteiger partial charge in [-0.3, -0.25) is 9.59 Å². The van der Waals surface area contributed by atoms with Crippen LogP contribution >= 0.6 is 11.6 Å². The first-order chi connectivity index (χ1) is 14.4. The van der Waals surface area contributed by atoms with E-state index in [0.29, 0.717) is 10.6 Å². The lowest BCUT2D eigenvalue weighted by Gasteiger charge is -2.09. The van der Waals surface area contributed by atoms with E-state index in [1.165, 1.54) is 24.5 Å². The standard InChI is InChI=1S/C22H18ClFN2O4/c1-2-29-21(28)11-18(27)9-14-4-3-5-15(8-14)16-6-7-20(19(24)10-16)30-22-25-12-17(23)13-26-22/h3-8,10,12-13H,2,9,11H2,1H3. The molecule has 154 valence electrons. The van der Waals surface area contributed by atoms with Crippen molar-refractivity contribution >= 4 is 23.4 Å². The number of ether oxygens (including phenoxy) is 2. The van der Waals surface area contributed by atoms with Crippen LogP contribution in [0.4, 0.5) is 4.39 Å². The summed E-state index contributed by atoms with van der Waals surface area (Å²) in [6, 6.07) is 11.6. The lowest BCUT2D eigenvalue weighted by molar-refractivity contribution is -0.145. The summed E-state index contributed by atoms with van der Waals surface area (Å²) in [5.74, 6) is -1.40. The number of ketones is 1. The van der Waals surface area contributed by atoms with Crippen molar-refractivity contribution in [2.45, 2.75) is 19.8 Å². The van der Waals surface area contributed by atoms with E-state index >= 15 is 0 Å². The Kier molecular flexibility index (Phi) is 7.08. The molecular weight excluding hydrogens is 411 g/mol. The highest BCUT2D eigenvalue weighted by Gasteiger charge is 2.13. The summed E-state index contributed by atoms with van der Waals surface area (Å²) >= 11 is 5.72. The fourth-order valence-corrected chi connectivity index (χ4v) is 2.84. The quantitative estimate of drug-likeness (QED) is 0.379. The molecule has 0 saturated carbocycles. The first-order valence-electron chi connectivity index (χ1n) is 9.16. The Labute approximate surface area is 177 Å². The average Bonchev–Trinajstić information content (AvgIpc) is 2.71. The molecule has 0 amide bonds. The van der Waals surface area contributed by atoms with Gasteiger partial charge in [0.1, 0.15) is 12.2 Å². The van der Waals surface area contributed by atoms with Gasteiger partial charge in [-0.15, -0.1) is 0 Å². The Morgan fingerprint density at radius 3 is 2.50 bits per heavy atom. The molecule has 0 bridgehead atoms. The molecule has 0 spiro atoms. The molecule has 0 saturated heterocycles. The van der Waals surface area contributed by atoms with Crippen molar-refractivity contribution < 1.29 is 23.5 Å². The van der Waals surface area contributed by atoms with Gasteiger partial charge in [0.25, 0.3) is 0 Å². The van der Waals surface area contributed by atoms with E-state index in [-0.39, 0.29) is 37.0 Å². The van der Waals surface area contributed by atoms with E-state index in [0.717, 1.165) is 11.1 Å². The van der Waals surface area contributed by atoms with E-state index in [1.807, 2.05) is 0 Å². The molecule has 0 fully saturated rings. The third-order valence-corrected chi connectivity index (χ3v) is 4.23. The number of halogens is 2. The highest BCUT2D eigenvalue weighted by atomic mass is 35.5. The third kappa shape index (κ3) is 5.84. The van der Waals surface area contributed by atoms with Crippen LogP contribution in [0.25, 0.3) is 11.1 Å². The van der Waals surface area contributed by atoms with Gasteiger partial charge in [0, 0.05) is 6.42 Å². The lowest BCUT2D eigenvalue weighted by atomic mass is 10.00. The van der Waals surface area contributed by atoms with Crippen LogP contribution in [-0.4, -0.2) is 28.3 Å². The lowest BCUT2D eigenvalue weighted by Crippen LogP contribution is -2.13. The summed E-state index contributed by atoms with van der Waals surface area (Å²) in [4.78, 5) is 31.2. The number of nitrogens with zero attached hydrogens (tertiary/aromatic N) is 2. The summed E-state index contributed by atoms with van der Waals surface area (Å²) in [5.41, 5.74) is 2.05. The van der Waals surface area contributed by atoms with Gasteiger partial charge in [0.05, 0.1) is 24.0 Å². The van der Waals surface area contributed by atoms with Gasteiger partial charge >= 0.3 is 12.0 Å². The number of esters is 1. The number of Topliss-reactive ketones (excluding diaryl/α,β-unsaturated/α-hetero) is 1. The first-order valence-corrected chi connectivity index (χ1v) is 9.54. The third-order valence-electron chi connectivity index (χ3n) is 4.04. The monoisotopic (exact) mass is 428 g/mol. The van der Waals surface area contributed by atoms with E-state index in [2.05, 4.69) is 9.97 Å². The molecule has 8 heteroatoms. The van der Waals surface area contributed by atoms with Crippen molar-refractivity contribution in [3.63, 3.8) is 0 Å². The Balaban J connectivity index is 1.72. The number of carbonyl (C=O) groups is 2. The second kappa shape index (κ2) is 9.93. The Hall–Kier alpha value is -3.32. The minimum Gasteiger partial charge on any atom is -0.466 e. The van der Waals surface area contributed by atoms with Crippen molar-refractivity contribution in [1.29, 1.82) is 0 Å². The molecule has 0 N–H and O–H groups in total. The van der Waals surface area contributed by atoms with Gasteiger partial charge < -0.3 is 9.47 Å². The fourth-order valence-electron chi connectivity index (χ4n) is 2.74. The Morgan fingerprint density at radius 1 is 1.07 bits per heavy atom. The molecule has 0 aliphatic heterocycles. The molecule has 0 aliphatic carbocycles. The molecule has 0 radical (unpaired) electrons. The number of benzene rings is 2. The molecule has 3 aromatic rings. The number of aromatic nitrogens is 2. The summed E-state index contributed by atoms with van der Waals surface area (Å²) in [7, 11) is 0. The Bertz CT molecular complexity index is 1060. The van der Waals surface area contributed by atoms with Crippen LogP contribution in [0.2, 0.25) is 5.02 Å². The molecule has 3 rings (SSSR count). The highest BCUT2D eigenvalue weighted by molar-refractivity contribution is 6.30. The molecule has 1 aromatic heterocycles. The van der Waals surface area contributed by atoms with Crippen LogP contribution in [0, 0.1) is 5.82 Å². The number of hydrogen-bond donors (Lipinski definition) is 0. The average molecular weight is 429 g/mol. The smallest absolute Gasteiger partial charge is 0.322 e. The molecule has 1 heterocycles. The van der Waals surface area contributed by atoms with E-state index in [4.69, 9.17) is 21.1 Å². The van der Waals surface area contributed by atoms with E-state index < -0.39 is 11.8 Å². The maximum Gasteiger partial charge on any atom is 0.322 e. The van der Waals surface area contributed by atoms with Gasteiger partial charge in [-0.2, -0.15) is 0 Å². The van der Waals surface area contributed by atoms with Crippen LogP contribution in [0.5, 0.6) is 11.8 Å². The zero-order chi connectivity index (χ0) is 21.5. The summed E-state index contributed by atoms with van der Waals surface area (Å²) < 4.78 is 24.6. The summed E-state index contributed by atoms with van der Waals surface area (Å²) in [6.45, 7) is 1.92. The van der Waals surface area contributed by atoms with Crippen molar-refractivity contribution in [3.05, 3.63) is 71.3 Å². The van der Waals surface area contributed by atoms with Crippen molar-refractivity contribution in [2.75, 3.05) is 6.61 Å². The van der Waals surface area contributed by atoms with Crippen LogP contribution in [0.15, 0.2) is 54.9 Å². The second-order valence-corrected chi connectivity index (χ2v) is 6.77. The van der Waals surface area contributed by atoms with Crippen LogP contribution < -0.4 is 4.74 Å². The zero-order valence-corrected chi connectivity index (χ0v) is 16.9. The van der Waals surface area contributed by atoms with Gasteiger partial charge in [-0.1, -0.05) is 41.9 Å². The number of carbonyl (C=O) groups excluding carboxylic acids is 2. The summed E-state index contributed by atoms with van der Waals surface area (Å²) in [6.07, 6.45) is 2.52. The Morgan fingerprint density at radius 2 is 1.80 bits per heavy atom. The van der Waals surface area contributed by atoms with Gasteiger partial charge in [-0.25, -0.2) is 14.4 Å². The number of rotatable bonds is 8. The maximum atomic E-state index is 14.5. The minimum absolute atomic E-state index is 0.0202. The summed E-state index contributed by atoms with van der Waals surface area (Å²) in [5, 5.41) is 0.346. The van der Waals surface area contributed by atoms with E-state index in [9.17, 15) is 14.0 Å². The molecule has 2 aromatic carbocycles. The van der Waals surface area contributed by atoms with E-state index in [1.54, 1.807) is 37.3 Å². The van der Waals surface area contributed by atoms with Crippen molar-refractivity contribution in [2.24, 2.45) is 0 Å². The molecule has 30 heavy (non-hydrogen) atoms. The first kappa shape index (κ1) is 21.4. The normalized spacial score (nSPS) is 10.5. The van der Waals surface area contributed by atoms with Gasteiger partial charge in [-0.05, 0) is 35.7 Å².